The van der Waals surface area contributed by atoms with Gasteiger partial charge in [0.15, 0.2) is 0 Å². The number of rotatable bonds is 4. The zero-order valence-corrected chi connectivity index (χ0v) is 9.06. The van der Waals surface area contributed by atoms with Crippen LogP contribution >= 0.6 is 0 Å². The molecule has 0 N–H and O–H groups in total. The lowest BCUT2D eigenvalue weighted by atomic mass is 10.0. The van der Waals surface area contributed by atoms with Crippen molar-refractivity contribution in [2.75, 3.05) is 0 Å². The fraction of sp³-hybridized carbons (Fsp3) is 0.214. The summed E-state index contributed by atoms with van der Waals surface area (Å²) in [5.41, 5.74) is 1.88. The van der Waals surface area contributed by atoms with E-state index in [9.17, 15) is 4.79 Å². The summed E-state index contributed by atoms with van der Waals surface area (Å²) < 4.78 is 5.18. The van der Waals surface area contributed by atoms with Gasteiger partial charge in [-0.2, -0.15) is 0 Å². The van der Waals surface area contributed by atoms with Gasteiger partial charge >= 0.3 is 5.97 Å². The van der Waals surface area contributed by atoms with Crippen LogP contribution in [0.25, 0.3) is 0 Å². The molecule has 0 saturated carbocycles. The van der Waals surface area contributed by atoms with Crippen molar-refractivity contribution in [3.8, 4) is 0 Å². The van der Waals surface area contributed by atoms with E-state index in [4.69, 9.17) is 4.74 Å². The van der Waals surface area contributed by atoms with Gasteiger partial charge < -0.3 is 4.74 Å². The van der Waals surface area contributed by atoms with E-state index in [-0.39, 0.29) is 12.1 Å². The van der Waals surface area contributed by atoms with Crippen molar-refractivity contribution in [1.29, 1.82) is 0 Å². The van der Waals surface area contributed by atoms with Crippen molar-refractivity contribution in [2.24, 2.45) is 0 Å². The number of esters is 1. The maximum atomic E-state index is 11.5. The predicted octanol–water partition coefficient (Wildman–Crippen LogP) is 2.66. The normalized spacial score (nSPS) is 19.1. The van der Waals surface area contributed by atoms with E-state index < -0.39 is 0 Å². The van der Waals surface area contributed by atoms with E-state index in [0.717, 1.165) is 11.1 Å². The van der Waals surface area contributed by atoms with Crippen LogP contribution in [0.5, 0.6) is 0 Å². The third-order valence-electron chi connectivity index (χ3n) is 2.54. The second kappa shape index (κ2) is 4.79. The summed E-state index contributed by atoms with van der Waals surface area (Å²) in [6.45, 7) is 3.64. The molecule has 0 aliphatic carbocycles. The first-order valence-electron chi connectivity index (χ1n) is 5.36. The van der Waals surface area contributed by atoms with Crippen molar-refractivity contribution in [3.63, 3.8) is 0 Å². The molecule has 0 spiro atoms. The molecule has 1 aliphatic rings. The first-order chi connectivity index (χ1) is 7.79. The van der Waals surface area contributed by atoms with Crippen LogP contribution in [0.3, 0.4) is 0 Å². The molecule has 1 heterocycles. The molecule has 16 heavy (non-hydrogen) atoms. The van der Waals surface area contributed by atoms with Gasteiger partial charge in [-0.05, 0) is 11.6 Å². The molecule has 2 nitrogen and oxygen atoms in total. The summed E-state index contributed by atoms with van der Waals surface area (Å²) >= 11 is 0. The van der Waals surface area contributed by atoms with Gasteiger partial charge in [-0.3, -0.25) is 0 Å². The number of hydrogen-bond acceptors (Lipinski definition) is 2. The van der Waals surface area contributed by atoms with Gasteiger partial charge in [0, 0.05) is 18.4 Å². The number of ether oxygens (including phenoxy) is 1. The maximum absolute atomic E-state index is 11.5. The van der Waals surface area contributed by atoms with Crippen LogP contribution in [0.4, 0.5) is 0 Å². The fourth-order valence-electron chi connectivity index (χ4n) is 1.77. The fourth-order valence-corrected chi connectivity index (χ4v) is 1.77. The minimum absolute atomic E-state index is 0.122. The minimum atomic E-state index is -0.198. The van der Waals surface area contributed by atoms with E-state index >= 15 is 0 Å². The van der Waals surface area contributed by atoms with E-state index in [1.54, 1.807) is 6.08 Å². The van der Waals surface area contributed by atoms with Gasteiger partial charge in [-0.15, -0.1) is 6.58 Å². The number of carbonyl (C=O) groups is 1. The highest BCUT2D eigenvalue weighted by molar-refractivity contribution is 5.91. The largest absolute Gasteiger partial charge is 0.454 e. The van der Waals surface area contributed by atoms with Gasteiger partial charge in [0.05, 0.1) is 0 Å². The molecule has 82 valence electrons. The Morgan fingerprint density at radius 3 is 2.75 bits per heavy atom. The average molecular weight is 214 g/mol. The summed E-state index contributed by atoms with van der Waals surface area (Å²) in [5.74, 6) is -0.198. The van der Waals surface area contributed by atoms with Gasteiger partial charge in [0.2, 0.25) is 0 Å². The third-order valence-corrected chi connectivity index (χ3v) is 2.54. The second-order valence-electron chi connectivity index (χ2n) is 3.82. The molecule has 0 amide bonds. The smallest absolute Gasteiger partial charge is 0.334 e. The summed E-state index contributed by atoms with van der Waals surface area (Å²) in [7, 11) is 0. The molecular weight excluding hydrogens is 200 g/mol. The molecule has 1 aromatic carbocycles. The lowest BCUT2D eigenvalue weighted by Crippen LogP contribution is -2.07. The van der Waals surface area contributed by atoms with Crippen LogP contribution < -0.4 is 0 Å². The molecule has 0 saturated heterocycles. The Bertz CT molecular complexity index is 418. The Labute approximate surface area is 95.2 Å². The molecule has 1 aliphatic heterocycles. The van der Waals surface area contributed by atoms with Crippen LogP contribution in [0, 0.1) is 0 Å². The molecule has 0 aromatic heterocycles. The monoisotopic (exact) mass is 214 g/mol. The summed E-state index contributed by atoms with van der Waals surface area (Å²) in [6.07, 6.45) is 4.87. The molecule has 2 heteroatoms. The first kappa shape index (κ1) is 10.7. The first-order valence-corrected chi connectivity index (χ1v) is 5.36. The highest BCUT2D eigenvalue weighted by Crippen LogP contribution is 2.20. The standard InChI is InChI=1S/C14H14O2/c1-2-6-13-10-12(14(15)16-13)9-11-7-4-3-5-8-11/h2-5,7-8,10,13H,1,6,9H2. The maximum Gasteiger partial charge on any atom is 0.334 e. The van der Waals surface area contributed by atoms with E-state index in [0.29, 0.717) is 12.8 Å². The van der Waals surface area contributed by atoms with E-state index in [1.165, 1.54) is 0 Å². The highest BCUT2D eigenvalue weighted by atomic mass is 16.5. The molecule has 0 fully saturated rings. The van der Waals surface area contributed by atoms with E-state index in [1.807, 2.05) is 36.4 Å². The summed E-state index contributed by atoms with van der Waals surface area (Å²) in [6, 6.07) is 9.92. The van der Waals surface area contributed by atoms with Crippen LogP contribution in [0.15, 0.2) is 54.6 Å². The highest BCUT2D eigenvalue weighted by Gasteiger charge is 2.24. The number of carbonyl (C=O) groups excluding carboxylic acids is 1. The molecule has 2 rings (SSSR count). The summed E-state index contributed by atoms with van der Waals surface area (Å²) in [4.78, 5) is 11.5. The molecule has 1 atom stereocenters. The van der Waals surface area contributed by atoms with Crippen molar-refractivity contribution >= 4 is 5.97 Å². The predicted molar refractivity (Wildman–Crippen MR) is 62.9 cm³/mol. The molecular formula is C14H14O2. The topological polar surface area (TPSA) is 26.3 Å². The average Bonchev–Trinajstić information content (AvgIpc) is 2.61. The lowest BCUT2D eigenvalue weighted by Gasteiger charge is -2.03. The minimum Gasteiger partial charge on any atom is -0.454 e. The quantitative estimate of drug-likeness (QED) is 0.569. The van der Waals surface area contributed by atoms with Gasteiger partial charge in [0.25, 0.3) is 0 Å². The van der Waals surface area contributed by atoms with Gasteiger partial charge in [-0.1, -0.05) is 36.4 Å². The number of benzene rings is 1. The van der Waals surface area contributed by atoms with Crippen LogP contribution in [0.2, 0.25) is 0 Å². The lowest BCUT2D eigenvalue weighted by molar-refractivity contribution is -0.139. The molecule has 0 bridgehead atoms. The van der Waals surface area contributed by atoms with E-state index in [2.05, 4.69) is 6.58 Å². The summed E-state index contributed by atoms with van der Waals surface area (Å²) in [5, 5.41) is 0. The third kappa shape index (κ3) is 2.40. The zero-order chi connectivity index (χ0) is 11.4. The molecule has 0 radical (unpaired) electrons. The Morgan fingerprint density at radius 1 is 1.31 bits per heavy atom. The van der Waals surface area contributed by atoms with Crippen molar-refractivity contribution < 1.29 is 9.53 Å². The van der Waals surface area contributed by atoms with Crippen LogP contribution in [-0.4, -0.2) is 12.1 Å². The second-order valence-corrected chi connectivity index (χ2v) is 3.82. The van der Waals surface area contributed by atoms with Gasteiger partial charge in [-0.25, -0.2) is 4.79 Å². The van der Waals surface area contributed by atoms with Crippen molar-refractivity contribution in [1.82, 2.24) is 0 Å². The molecule has 1 unspecified atom stereocenters. The number of hydrogen-bond donors (Lipinski definition) is 0. The number of cyclic esters (lactones) is 1. The SMILES string of the molecule is C=CCC1C=C(Cc2ccccc2)C(=O)O1. The Morgan fingerprint density at radius 2 is 2.06 bits per heavy atom. The zero-order valence-electron chi connectivity index (χ0n) is 9.06. The van der Waals surface area contributed by atoms with Gasteiger partial charge in [0.1, 0.15) is 6.10 Å². The molecule has 1 aromatic rings. The van der Waals surface area contributed by atoms with Crippen LogP contribution in [0.1, 0.15) is 12.0 Å². The van der Waals surface area contributed by atoms with Crippen molar-refractivity contribution in [3.05, 3.63) is 60.2 Å². The van der Waals surface area contributed by atoms with Crippen molar-refractivity contribution in [2.45, 2.75) is 18.9 Å². The Balaban J connectivity index is 2.07. The van der Waals surface area contributed by atoms with Crippen LogP contribution in [-0.2, 0) is 16.0 Å². The Kier molecular flexibility index (Phi) is 3.20. The Hall–Kier alpha value is -1.83.